The van der Waals surface area contributed by atoms with Crippen molar-refractivity contribution in [2.24, 2.45) is 11.3 Å². The maximum absolute atomic E-state index is 5.83. The average molecular weight is 240 g/mol. The van der Waals surface area contributed by atoms with Gasteiger partial charge in [-0.1, -0.05) is 18.5 Å². The van der Waals surface area contributed by atoms with E-state index in [1.54, 1.807) is 6.20 Å². The molecule has 3 rings (SSSR count). The zero-order chi connectivity index (χ0) is 11.2. The lowest BCUT2D eigenvalue weighted by molar-refractivity contribution is 0.263. The molecule has 1 saturated heterocycles. The summed E-state index contributed by atoms with van der Waals surface area (Å²) in [5, 5.41) is 4.93. The zero-order valence-electron chi connectivity index (χ0n) is 9.69. The summed E-state index contributed by atoms with van der Waals surface area (Å²) in [5.41, 5.74) is 0.696. The number of hydrogen-bond donors (Lipinski definition) is 0. The lowest BCUT2D eigenvalue weighted by atomic mass is 10.0. The summed E-state index contributed by atoms with van der Waals surface area (Å²) in [4.78, 5) is 2.58. The molecule has 0 bridgehead atoms. The van der Waals surface area contributed by atoms with Crippen LogP contribution >= 0.6 is 11.6 Å². The molecule has 2 aliphatic rings. The van der Waals surface area contributed by atoms with Crippen molar-refractivity contribution < 1.29 is 0 Å². The highest BCUT2D eigenvalue weighted by Crippen LogP contribution is 2.59. The molecule has 2 fully saturated rings. The Morgan fingerprint density at radius 3 is 3.06 bits per heavy atom. The zero-order valence-corrected chi connectivity index (χ0v) is 10.5. The van der Waals surface area contributed by atoms with Crippen molar-refractivity contribution in [1.82, 2.24) is 14.7 Å². The lowest BCUT2D eigenvalue weighted by Gasteiger charge is -2.19. The third-order valence-electron chi connectivity index (χ3n) is 4.33. The van der Waals surface area contributed by atoms with Crippen molar-refractivity contribution in [3.8, 4) is 0 Å². The first-order valence-electron chi connectivity index (χ1n) is 6.12. The summed E-state index contributed by atoms with van der Waals surface area (Å²) >= 11 is 5.83. The highest BCUT2D eigenvalue weighted by atomic mass is 35.5. The smallest absolute Gasteiger partial charge is 0.0785 e. The van der Waals surface area contributed by atoms with Crippen LogP contribution in [0.3, 0.4) is 0 Å². The van der Waals surface area contributed by atoms with Gasteiger partial charge in [0.05, 0.1) is 17.8 Å². The molecule has 1 aromatic heterocycles. The second-order valence-corrected chi connectivity index (χ2v) is 5.71. The SMILES string of the molecule is CCC12CC1CN(CCn1cc(Cl)cn1)C2. The third-order valence-corrected chi connectivity index (χ3v) is 4.52. The number of aromatic nitrogens is 2. The van der Waals surface area contributed by atoms with Crippen LogP contribution in [0.1, 0.15) is 19.8 Å². The van der Waals surface area contributed by atoms with Crippen LogP contribution < -0.4 is 0 Å². The van der Waals surface area contributed by atoms with Gasteiger partial charge in [-0.15, -0.1) is 0 Å². The van der Waals surface area contributed by atoms with Gasteiger partial charge in [0.15, 0.2) is 0 Å². The Morgan fingerprint density at radius 1 is 1.56 bits per heavy atom. The van der Waals surface area contributed by atoms with Crippen molar-refractivity contribution in [2.75, 3.05) is 19.6 Å². The molecule has 0 amide bonds. The van der Waals surface area contributed by atoms with E-state index in [4.69, 9.17) is 11.6 Å². The molecular formula is C12H18ClN3. The first-order valence-corrected chi connectivity index (χ1v) is 6.50. The Morgan fingerprint density at radius 2 is 2.44 bits per heavy atom. The number of likely N-dealkylation sites (tertiary alicyclic amines) is 1. The number of hydrogen-bond acceptors (Lipinski definition) is 2. The average Bonchev–Trinajstić information content (AvgIpc) is 2.65. The van der Waals surface area contributed by atoms with E-state index in [-0.39, 0.29) is 0 Å². The van der Waals surface area contributed by atoms with E-state index in [1.807, 2.05) is 10.9 Å². The van der Waals surface area contributed by atoms with E-state index in [0.29, 0.717) is 5.41 Å². The van der Waals surface area contributed by atoms with Crippen molar-refractivity contribution in [3.63, 3.8) is 0 Å². The minimum Gasteiger partial charge on any atom is -0.301 e. The van der Waals surface area contributed by atoms with Crippen LogP contribution in [-0.2, 0) is 6.54 Å². The van der Waals surface area contributed by atoms with E-state index in [2.05, 4.69) is 16.9 Å². The molecule has 16 heavy (non-hydrogen) atoms. The molecule has 88 valence electrons. The van der Waals surface area contributed by atoms with E-state index >= 15 is 0 Å². The summed E-state index contributed by atoms with van der Waals surface area (Å²) in [5.74, 6) is 0.985. The van der Waals surface area contributed by atoms with Crippen LogP contribution in [0, 0.1) is 11.3 Å². The minimum absolute atomic E-state index is 0.696. The fourth-order valence-corrected chi connectivity index (χ4v) is 3.28. The summed E-state index contributed by atoms with van der Waals surface area (Å²) in [7, 11) is 0. The van der Waals surface area contributed by atoms with Gasteiger partial charge in [-0.3, -0.25) is 4.68 Å². The van der Waals surface area contributed by atoms with Crippen molar-refractivity contribution in [3.05, 3.63) is 17.4 Å². The van der Waals surface area contributed by atoms with Gasteiger partial charge in [-0.2, -0.15) is 5.10 Å². The number of fused-ring (bicyclic) bond motifs is 1. The summed E-state index contributed by atoms with van der Waals surface area (Å²) in [6.45, 7) is 6.98. The van der Waals surface area contributed by atoms with Gasteiger partial charge in [-0.05, 0) is 24.2 Å². The molecule has 1 saturated carbocycles. The second-order valence-electron chi connectivity index (χ2n) is 5.27. The topological polar surface area (TPSA) is 21.1 Å². The molecule has 0 spiro atoms. The number of nitrogens with zero attached hydrogens (tertiary/aromatic N) is 3. The predicted molar refractivity (Wildman–Crippen MR) is 64.5 cm³/mol. The maximum Gasteiger partial charge on any atom is 0.0785 e. The molecule has 0 radical (unpaired) electrons. The van der Waals surface area contributed by atoms with E-state index in [0.717, 1.165) is 24.0 Å². The van der Waals surface area contributed by atoms with Gasteiger partial charge < -0.3 is 4.90 Å². The maximum atomic E-state index is 5.83. The molecule has 2 unspecified atom stereocenters. The minimum atomic E-state index is 0.696. The number of halogens is 1. The second kappa shape index (κ2) is 3.74. The fraction of sp³-hybridized carbons (Fsp3) is 0.750. The van der Waals surface area contributed by atoms with Gasteiger partial charge in [0.2, 0.25) is 0 Å². The first-order chi connectivity index (χ1) is 7.72. The molecule has 2 heterocycles. The van der Waals surface area contributed by atoms with Crippen LogP contribution in [0.25, 0.3) is 0 Å². The Kier molecular flexibility index (Phi) is 2.48. The van der Waals surface area contributed by atoms with Gasteiger partial charge in [-0.25, -0.2) is 0 Å². The molecule has 3 nitrogen and oxygen atoms in total. The monoisotopic (exact) mass is 239 g/mol. The summed E-state index contributed by atoms with van der Waals surface area (Å²) in [6, 6.07) is 0. The molecule has 1 aliphatic carbocycles. The van der Waals surface area contributed by atoms with Gasteiger partial charge >= 0.3 is 0 Å². The van der Waals surface area contributed by atoms with Crippen LogP contribution in [-0.4, -0.2) is 34.3 Å². The quantitative estimate of drug-likeness (QED) is 0.804. The predicted octanol–water partition coefficient (Wildman–Crippen LogP) is 2.27. The molecule has 0 N–H and O–H groups in total. The van der Waals surface area contributed by atoms with Crippen LogP contribution in [0.15, 0.2) is 12.4 Å². The largest absolute Gasteiger partial charge is 0.301 e. The van der Waals surface area contributed by atoms with Crippen LogP contribution in [0.2, 0.25) is 5.02 Å². The summed E-state index contributed by atoms with van der Waals surface area (Å²) in [6.07, 6.45) is 6.42. The van der Waals surface area contributed by atoms with Crippen molar-refractivity contribution in [1.29, 1.82) is 0 Å². The van der Waals surface area contributed by atoms with Crippen LogP contribution in [0.4, 0.5) is 0 Å². The van der Waals surface area contributed by atoms with Crippen molar-refractivity contribution in [2.45, 2.75) is 26.3 Å². The molecule has 1 aliphatic heterocycles. The van der Waals surface area contributed by atoms with E-state index < -0.39 is 0 Å². The van der Waals surface area contributed by atoms with E-state index in [9.17, 15) is 0 Å². The Bertz CT molecular complexity index is 385. The molecule has 2 atom stereocenters. The van der Waals surface area contributed by atoms with Crippen molar-refractivity contribution >= 4 is 11.6 Å². The molecule has 4 heteroatoms. The molecule has 1 aromatic rings. The fourth-order valence-electron chi connectivity index (χ4n) is 3.12. The Labute approximate surface area is 101 Å². The highest BCUT2D eigenvalue weighted by molar-refractivity contribution is 6.30. The number of piperidine rings is 1. The molecule has 0 aromatic carbocycles. The first kappa shape index (κ1) is 10.6. The van der Waals surface area contributed by atoms with E-state index in [1.165, 1.54) is 25.9 Å². The standard InChI is InChI=1S/C12H18ClN3/c1-2-12-5-10(12)7-15(9-12)3-4-16-8-11(13)6-14-16/h6,8,10H,2-5,7,9H2,1H3. The highest BCUT2D eigenvalue weighted by Gasteiger charge is 2.57. The summed E-state index contributed by atoms with van der Waals surface area (Å²) < 4.78 is 1.94. The van der Waals surface area contributed by atoms with Gasteiger partial charge in [0.25, 0.3) is 0 Å². The Balaban J connectivity index is 1.51. The Hall–Kier alpha value is -0.540. The molecular weight excluding hydrogens is 222 g/mol. The normalized spacial score (nSPS) is 33.0. The van der Waals surface area contributed by atoms with Crippen LogP contribution in [0.5, 0.6) is 0 Å². The number of rotatable bonds is 4. The lowest BCUT2D eigenvalue weighted by Crippen LogP contribution is -2.28. The van der Waals surface area contributed by atoms with Gasteiger partial charge in [0.1, 0.15) is 0 Å². The third kappa shape index (κ3) is 1.76. The van der Waals surface area contributed by atoms with Gasteiger partial charge in [0, 0.05) is 25.8 Å².